The Kier molecular flexibility index (Phi) is 3.87. The van der Waals surface area contributed by atoms with Crippen molar-refractivity contribution < 1.29 is 13.9 Å². The van der Waals surface area contributed by atoms with Gasteiger partial charge in [-0.05, 0) is 25.0 Å². The zero-order valence-electron chi connectivity index (χ0n) is 13.3. The van der Waals surface area contributed by atoms with Gasteiger partial charge in [0.2, 0.25) is 0 Å². The molecule has 10 heteroatoms. The minimum absolute atomic E-state index is 0.0528. The predicted octanol–water partition coefficient (Wildman–Crippen LogP) is 2.45. The van der Waals surface area contributed by atoms with Crippen molar-refractivity contribution in [3.05, 3.63) is 51.4 Å². The SMILES string of the molecule is NC(=O)OC(c1nc2c(F)ccc(Cl)c2c(=O)n1-c1cc[nH]n1)C1CC1. The molecule has 26 heavy (non-hydrogen) atoms. The molecular formula is C16H13ClFN5O3. The van der Waals surface area contributed by atoms with Crippen LogP contribution in [0.25, 0.3) is 16.7 Å². The molecule has 0 aliphatic heterocycles. The molecule has 0 radical (unpaired) electrons. The summed E-state index contributed by atoms with van der Waals surface area (Å²) in [5.41, 5.74) is 4.37. The third kappa shape index (κ3) is 2.70. The van der Waals surface area contributed by atoms with E-state index < -0.39 is 23.6 Å². The van der Waals surface area contributed by atoms with Crippen molar-refractivity contribution in [2.24, 2.45) is 11.7 Å². The number of carbonyl (C=O) groups is 1. The van der Waals surface area contributed by atoms with Crippen LogP contribution in [0.1, 0.15) is 24.8 Å². The molecule has 3 N–H and O–H groups in total. The first-order valence-electron chi connectivity index (χ1n) is 7.84. The summed E-state index contributed by atoms with van der Waals surface area (Å²) in [6, 6.07) is 3.95. The number of nitrogens with one attached hydrogen (secondary N) is 1. The quantitative estimate of drug-likeness (QED) is 0.724. The Morgan fingerprint density at radius 1 is 1.42 bits per heavy atom. The van der Waals surface area contributed by atoms with Gasteiger partial charge in [0, 0.05) is 18.2 Å². The molecule has 1 saturated carbocycles. The van der Waals surface area contributed by atoms with Crippen molar-refractivity contribution in [2.45, 2.75) is 18.9 Å². The molecule has 3 aromatic rings. The molecule has 0 bridgehead atoms. The molecular weight excluding hydrogens is 365 g/mol. The Hall–Kier alpha value is -2.94. The molecule has 1 aliphatic rings. The van der Waals surface area contributed by atoms with Gasteiger partial charge in [-0.15, -0.1) is 0 Å². The van der Waals surface area contributed by atoms with E-state index in [1.54, 1.807) is 6.07 Å². The maximum Gasteiger partial charge on any atom is 0.405 e. The minimum atomic E-state index is -1.00. The van der Waals surface area contributed by atoms with E-state index >= 15 is 0 Å². The predicted molar refractivity (Wildman–Crippen MR) is 90.6 cm³/mol. The van der Waals surface area contributed by atoms with E-state index in [2.05, 4.69) is 15.2 Å². The van der Waals surface area contributed by atoms with Gasteiger partial charge < -0.3 is 10.5 Å². The number of aromatic nitrogens is 4. The van der Waals surface area contributed by atoms with Gasteiger partial charge in [0.25, 0.3) is 5.56 Å². The van der Waals surface area contributed by atoms with E-state index in [1.165, 1.54) is 12.3 Å². The number of benzene rings is 1. The molecule has 2 heterocycles. The van der Waals surface area contributed by atoms with Crippen LogP contribution in [0.4, 0.5) is 9.18 Å². The number of hydrogen-bond acceptors (Lipinski definition) is 5. The van der Waals surface area contributed by atoms with Crippen molar-refractivity contribution in [2.75, 3.05) is 0 Å². The van der Waals surface area contributed by atoms with Gasteiger partial charge >= 0.3 is 6.09 Å². The van der Waals surface area contributed by atoms with Gasteiger partial charge in [-0.2, -0.15) is 5.10 Å². The monoisotopic (exact) mass is 377 g/mol. The maximum absolute atomic E-state index is 14.3. The van der Waals surface area contributed by atoms with E-state index in [1.807, 2.05) is 0 Å². The van der Waals surface area contributed by atoms with E-state index in [0.717, 1.165) is 23.5 Å². The summed E-state index contributed by atoms with van der Waals surface area (Å²) in [7, 11) is 0. The van der Waals surface area contributed by atoms with Crippen molar-refractivity contribution in [1.29, 1.82) is 0 Å². The Labute approximate surface area is 150 Å². The summed E-state index contributed by atoms with van der Waals surface area (Å²) >= 11 is 6.11. The average Bonchev–Trinajstić information content (AvgIpc) is 3.30. The standard InChI is InChI=1S/C16H13ClFN5O3/c17-8-3-4-9(18)12-11(8)15(24)23(10-5-6-20-22-10)14(21-12)13(7-1-2-7)26-16(19)25/h3-7,13H,1-2H2,(H2,19,25)(H,20,22). The highest BCUT2D eigenvalue weighted by Gasteiger charge is 2.39. The zero-order chi connectivity index (χ0) is 18.4. The summed E-state index contributed by atoms with van der Waals surface area (Å²) in [4.78, 5) is 28.7. The van der Waals surface area contributed by atoms with Crippen LogP contribution in [0.3, 0.4) is 0 Å². The lowest BCUT2D eigenvalue weighted by Gasteiger charge is -2.20. The van der Waals surface area contributed by atoms with Gasteiger partial charge in [-0.1, -0.05) is 11.6 Å². The maximum atomic E-state index is 14.3. The molecule has 1 unspecified atom stereocenters. The van der Waals surface area contributed by atoms with Crippen LogP contribution in [0.5, 0.6) is 0 Å². The fourth-order valence-corrected chi connectivity index (χ4v) is 3.14. The van der Waals surface area contributed by atoms with E-state index in [9.17, 15) is 14.0 Å². The number of hydrogen-bond donors (Lipinski definition) is 2. The normalized spacial score (nSPS) is 15.2. The number of fused-ring (bicyclic) bond motifs is 1. The molecule has 8 nitrogen and oxygen atoms in total. The highest BCUT2D eigenvalue weighted by Crippen LogP contribution is 2.43. The largest absolute Gasteiger partial charge is 0.438 e. The molecule has 1 amide bonds. The fraction of sp³-hybridized carbons (Fsp3) is 0.250. The number of nitrogens with zero attached hydrogens (tertiary/aromatic N) is 3. The molecule has 1 atom stereocenters. The number of amides is 1. The third-order valence-corrected chi connectivity index (χ3v) is 4.53. The van der Waals surface area contributed by atoms with Gasteiger partial charge in [-0.25, -0.2) is 18.7 Å². The van der Waals surface area contributed by atoms with E-state index in [-0.39, 0.29) is 33.5 Å². The Balaban J connectivity index is 2.07. The Bertz CT molecular complexity index is 1060. The molecule has 0 saturated heterocycles. The topological polar surface area (TPSA) is 116 Å². The van der Waals surface area contributed by atoms with Crippen LogP contribution in [0, 0.1) is 11.7 Å². The molecule has 2 aromatic heterocycles. The first-order chi connectivity index (χ1) is 12.5. The number of aromatic amines is 1. The van der Waals surface area contributed by atoms with Crippen molar-refractivity contribution in [3.63, 3.8) is 0 Å². The molecule has 1 aliphatic carbocycles. The Morgan fingerprint density at radius 3 is 2.81 bits per heavy atom. The van der Waals surface area contributed by atoms with Crippen molar-refractivity contribution in [3.8, 4) is 5.82 Å². The fourth-order valence-electron chi connectivity index (χ4n) is 2.91. The average molecular weight is 378 g/mol. The molecule has 1 aromatic carbocycles. The summed E-state index contributed by atoms with van der Waals surface area (Å²) in [6.07, 6.45) is 1.16. The first kappa shape index (κ1) is 16.5. The smallest absolute Gasteiger partial charge is 0.405 e. The van der Waals surface area contributed by atoms with Gasteiger partial charge in [0.15, 0.2) is 17.7 Å². The molecule has 4 rings (SSSR count). The number of ether oxygens (including phenoxy) is 1. The van der Waals surface area contributed by atoms with E-state index in [0.29, 0.717) is 0 Å². The Morgan fingerprint density at radius 2 is 2.19 bits per heavy atom. The van der Waals surface area contributed by atoms with Gasteiger partial charge in [0.1, 0.15) is 11.3 Å². The highest BCUT2D eigenvalue weighted by atomic mass is 35.5. The second-order valence-corrected chi connectivity index (χ2v) is 6.40. The number of carbonyl (C=O) groups excluding carboxylic acids is 1. The van der Waals surface area contributed by atoms with Gasteiger partial charge in [0.05, 0.1) is 10.4 Å². The van der Waals surface area contributed by atoms with Gasteiger partial charge in [-0.3, -0.25) is 9.89 Å². The number of primary amides is 1. The number of H-pyrrole nitrogens is 1. The van der Waals surface area contributed by atoms with Crippen LogP contribution < -0.4 is 11.3 Å². The van der Waals surface area contributed by atoms with Crippen LogP contribution in [0.2, 0.25) is 5.02 Å². The first-order valence-corrected chi connectivity index (χ1v) is 8.22. The van der Waals surface area contributed by atoms with E-state index in [4.69, 9.17) is 22.1 Å². The molecule has 0 spiro atoms. The van der Waals surface area contributed by atoms with Crippen LogP contribution in [-0.2, 0) is 4.74 Å². The van der Waals surface area contributed by atoms with Crippen molar-refractivity contribution in [1.82, 2.24) is 19.7 Å². The lowest BCUT2D eigenvalue weighted by atomic mass is 10.1. The number of nitrogens with two attached hydrogens (primary N) is 1. The summed E-state index contributed by atoms with van der Waals surface area (Å²) in [5, 5.41) is 6.59. The van der Waals surface area contributed by atoms with Crippen LogP contribution in [0.15, 0.2) is 29.2 Å². The summed E-state index contributed by atoms with van der Waals surface area (Å²) < 4.78 is 20.7. The lowest BCUT2D eigenvalue weighted by Crippen LogP contribution is -2.30. The zero-order valence-corrected chi connectivity index (χ0v) is 14.0. The van der Waals surface area contributed by atoms with Crippen LogP contribution in [-0.4, -0.2) is 25.8 Å². The second-order valence-electron chi connectivity index (χ2n) is 5.99. The molecule has 1 fully saturated rings. The highest BCUT2D eigenvalue weighted by molar-refractivity contribution is 6.35. The van der Waals surface area contributed by atoms with Crippen molar-refractivity contribution >= 4 is 28.6 Å². The second kappa shape index (κ2) is 6.10. The summed E-state index contributed by atoms with van der Waals surface area (Å²) in [6.45, 7) is 0. The number of rotatable bonds is 4. The minimum Gasteiger partial charge on any atom is -0.438 e. The summed E-state index contributed by atoms with van der Waals surface area (Å²) in [5.74, 6) is -0.486. The molecule has 134 valence electrons. The number of halogens is 2. The third-order valence-electron chi connectivity index (χ3n) is 4.21. The van der Waals surface area contributed by atoms with Crippen LogP contribution >= 0.6 is 11.6 Å². The lowest BCUT2D eigenvalue weighted by molar-refractivity contribution is 0.0865.